The van der Waals surface area contributed by atoms with E-state index < -0.39 is 18.8 Å². The smallest absolute Gasteiger partial charge is 0.407 e. The van der Waals surface area contributed by atoms with Crippen molar-refractivity contribution in [3.05, 3.63) is 52.0 Å². The first-order chi connectivity index (χ1) is 12.1. The van der Waals surface area contributed by atoms with Gasteiger partial charge in [0.05, 0.1) is 18.8 Å². The number of alkyl halides is 3. The normalized spacial score (nSPS) is 17.2. The lowest BCUT2D eigenvalue weighted by atomic mass is 10.1. The van der Waals surface area contributed by atoms with Gasteiger partial charge < -0.3 is 10.0 Å². The summed E-state index contributed by atoms with van der Waals surface area (Å²) in [7, 11) is 0. The molecule has 0 saturated heterocycles. The van der Waals surface area contributed by atoms with Crippen LogP contribution in [0.3, 0.4) is 0 Å². The van der Waals surface area contributed by atoms with Crippen molar-refractivity contribution in [3.8, 4) is 0 Å². The van der Waals surface area contributed by atoms with Crippen LogP contribution in [0.5, 0.6) is 0 Å². The van der Waals surface area contributed by atoms with Crippen LogP contribution in [0, 0.1) is 0 Å². The number of aliphatic imine (C=N–C) groups is 1. The third kappa shape index (κ3) is 4.63. The van der Waals surface area contributed by atoms with E-state index in [1.54, 1.807) is 19.9 Å². The lowest BCUT2D eigenvalue weighted by Crippen LogP contribution is -2.35. The summed E-state index contributed by atoms with van der Waals surface area (Å²) in [6.07, 6.45) is 0.368. The number of hydrogen-bond donors (Lipinski definition) is 1. The van der Waals surface area contributed by atoms with Crippen LogP contribution in [0.1, 0.15) is 29.8 Å². The van der Waals surface area contributed by atoms with Crippen molar-refractivity contribution in [2.75, 3.05) is 6.54 Å². The van der Waals surface area contributed by atoms with Crippen molar-refractivity contribution in [3.63, 3.8) is 0 Å². The quantitative estimate of drug-likeness (QED) is 0.358. The molecule has 1 atom stereocenters. The first-order valence-corrected chi connectivity index (χ1v) is 8.05. The molecule has 0 spiro atoms. The lowest BCUT2D eigenvalue weighted by Gasteiger charge is -2.25. The molecule has 0 fully saturated rings. The second-order valence-electron chi connectivity index (χ2n) is 5.84. The Hall–Kier alpha value is -2.35. The Kier molecular flexibility index (Phi) is 6.07. The van der Waals surface area contributed by atoms with Crippen LogP contribution in [0.4, 0.5) is 13.2 Å². The lowest BCUT2D eigenvalue weighted by molar-refractivity contribution is -0.118. The number of aliphatic hydroxyl groups is 1. The molecule has 1 N–H and O–H groups in total. The molecule has 9 heteroatoms. The number of nitrogens with zero attached hydrogens (tertiary/aromatic N) is 3. The van der Waals surface area contributed by atoms with Crippen LogP contribution in [-0.4, -0.2) is 45.9 Å². The second-order valence-corrected chi connectivity index (χ2v) is 6.20. The van der Waals surface area contributed by atoms with Crippen molar-refractivity contribution >= 4 is 23.7 Å². The summed E-state index contributed by atoms with van der Waals surface area (Å²) in [5.74, 6) is -0.294. The molecule has 1 amide bonds. The van der Waals surface area contributed by atoms with Crippen LogP contribution in [0.15, 0.2) is 40.7 Å². The predicted octanol–water partition coefficient (Wildman–Crippen LogP) is 4.10. The van der Waals surface area contributed by atoms with Gasteiger partial charge in [-0.1, -0.05) is 11.6 Å². The zero-order chi connectivity index (χ0) is 19.5. The second kappa shape index (κ2) is 7.90. The van der Waals surface area contributed by atoms with E-state index >= 15 is 0 Å². The van der Waals surface area contributed by atoms with Crippen LogP contribution in [0.2, 0.25) is 5.15 Å². The third-order valence-electron chi connectivity index (χ3n) is 3.88. The zero-order valence-electron chi connectivity index (χ0n) is 14.1. The Morgan fingerprint density at radius 3 is 2.81 bits per heavy atom. The highest BCUT2D eigenvalue weighted by molar-refractivity contribution is 6.30. The van der Waals surface area contributed by atoms with Crippen LogP contribution in [-0.2, 0) is 6.54 Å². The number of fused-ring (bicyclic) bond motifs is 1. The number of aromatic nitrogens is 1. The fourth-order valence-corrected chi connectivity index (χ4v) is 2.75. The summed E-state index contributed by atoms with van der Waals surface area (Å²) in [5.41, 5.74) is 1.75. The van der Waals surface area contributed by atoms with E-state index in [0.29, 0.717) is 22.3 Å². The van der Waals surface area contributed by atoms with Gasteiger partial charge >= 0.3 is 6.18 Å². The van der Waals surface area contributed by atoms with E-state index in [1.807, 2.05) is 0 Å². The first kappa shape index (κ1) is 20.0. The average molecular weight is 388 g/mol. The van der Waals surface area contributed by atoms with E-state index in [0.717, 1.165) is 12.5 Å². The highest BCUT2D eigenvalue weighted by atomic mass is 35.5. The van der Waals surface area contributed by atoms with Crippen molar-refractivity contribution in [2.24, 2.45) is 4.99 Å². The molecule has 0 bridgehead atoms. The van der Waals surface area contributed by atoms with Gasteiger partial charge in [-0.25, -0.2) is 4.98 Å². The Morgan fingerprint density at radius 1 is 1.54 bits per heavy atom. The fourth-order valence-electron chi connectivity index (χ4n) is 2.53. The van der Waals surface area contributed by atoms with Gasteiger partial charge in [0.15, 0.2) is 0 Å². The standard InChI is InChI=1S/C17H17ClF3N3O2/c1-10(8-25)5-12(6-22-9-17(19,20)21)11(2)24-7-14-13(16(24)26)3-4-23-15(14)18/h3-6,8,11,25H,7,9H2,1-2H3/b10-8+,12-5+,22-6-. The van der Waals surface area contributed by atoms with E-state index in [2.05, 4.69) is 9.98 Å². The molecular weight excluding hydrogens is 371 g/mol. The highest BCUT2D eigenvalue weighted by Crippen LogP contribution is 2.30. The largest absolute Gasteiger partial charge is 0.515 e. The summed E-state index contributed by atoms with van der Waals surface area (Å²) in [6.45, 7) is 2.10. The van der Waals surface area contributed by atoms with Crippen molar-refractivity contribution in [2.45, 2.75) is 32.6 Å². The van der Waals surface area contributed by atoms with E-state index in [1.165, 1.54) is 17.2 Å². The van der Waals surface area contributed by atoms with Gasteiger partial charge in [-0.05, 0) is 37.1 Å². The van der Waals surface area contributed by atoms with E-state index in [-0.39, 0.29) is 17.6 Å². The molecule has 1 unspecified atom stereocenters. The summed E-state index contributed by atoms with van der Waals surface area (Å²) in [4.78, 5) is 21.4. The SMILES string of the molecule is CC(/C=C(\C=N/CC(F)(F)F)C(C)N1Cc2c(ccnc2Cl)C1=O)=C\O. The molecule has 0 saturated carbocycles. The molecule has 26 heavy (non-hydrogen) atoms. The third-order valence-corrected chi connectivity index (χ3v) is 4.21. The zero-order valence-corrected chi connectivity index (χ0v) is 14.8. The molecule has 2 rings (SSSR count). The number of halogens is 4. The van der Waals surface area contributed by atoms with Crippen molar-refractivity contribution in [1.82, 2.24) is 9.88 Å². The van der Waals surface area contributed by atoms with E-state index in [9.17, 15) is 18.0 Å². The van der Waals surface area contributed by atoms with Gasteiger partial charge in [0.2, 0.25) is 0 Å². The van der Waals surface area contributed by atoms with Gasteiger partial charge in [-0.2, -0.15) is 13.2 Å². The molecule has 5 nitrogen and oxygen atoms in total. The fraction of sp³-hybridized carbons (Fsp3) is 0.353. The maximum absolute atomic E-state index is 12.6. The Balaban J connectivity index is 2.30. The molecular formula is C17H17ClF3N3O2. The number of allylic oxidation sites excluding steroid dienone is 2. The minimum absolute atomic E-state index is 0.189. The minimum Gasteiger partial charge on any atom is -0.515 e. The molecule has 1 aliphatic heterocycles. The molecule has 1 aromatic heterocycles. The molecule has 140 valence electrons. The summed E-state index contributed by atoms with van der Waals surface area (Å²) < 4.78 is 37.1. The molecule has 0 aromatic carbocycles. The van der Waals surface area contributed by atoms with Gasteiger partial charge in [0.1, 0.15) is 11.7 Å². The van der Waals surface area contributed by atoms with Gasteiger partial charge in [-0.15, -0.1) is 0 Å². The Bertz CT molecular complexity index is 788. The number of amides is 1. The number of carbonyl (C=O) groups is 1. The van der Waals surface area contributed by atoms with Crippen LogP contribution >= 0.6 is 11.6 Å². The van der Waals surface area contributed by atoms with Gasteiger partial charge in [-0.3, -0.25) is 9.79 Å². The van der Waals surface area contributed by atoms with Crippen LogP contribution < -0.4 is 0 Å². The summed E-state index contributed by atoms with van der Waals surface area (Å²) in [5, 5.41) is 9.29. The number of aliphatic hydroxyl groups excluding tert-OH is 1. The number of carbonyl (C=O) groups excluding carboxylic acids is 1. The summed E-state index contributed by atoms with van der Waals surface area (Å²) >= 11 is 6.03. The Labute approximate surface area is 153 Å². The minimum atomic E-state index is -4.42. The van der Waals surface area contributed by atoms with Gasteiger partial charge in [0, 0.05) is 23.5 Å². The average Bonchev–Trinajstić information content (AvgIpc) is 2.90. The Morgan fingerprint density at radius 2 is 2.23 bits per heavy atom. The maximum atomic E-state index is 12.6. The molecule has 0 aliphatic carbocycles. The highest BCUT2D eigenvalue weighted by Gasteiger charge is 2.34. The molecule has 2 heterocycles. The topological polar surface area (TPSA) is 65.8 Å². The first-order valence-electron chi connectivity index (χ1n) is 7.67. The van der Waals surface area contributed by atoms with Crippen molar-refractivity contribution < 1.29 is 23.1 Å². The number of rotatable bonds is 5. The monoisotopic (exact) mass is 387 g/mol. The van der Waals surface area contributed by atoms with E-state index in [4.69, 9.17) is 16.7 Å². The van der Waals surface area contributed by atoms with Crippen molar-refractivity contribution in [1.29, 1.82) is 0 Å². The van der Waals surface area contributed by atoms with Crippen LogP contribution in [0.25, 0.3) is 0 Å². The number of hydrogen-bond acceptors (Lipinski definition) is 4. The van der Waals surface area contributed by atoms with Gasteiger partial charge in [0.25, 0.3) is 5.91 Å². The molecule has 1 aliphatic rings. The summed E-state index contributed by atoms with van der Waals surface area (Å²) in [6, 6.07) is 0.967. The maximum Gasteiger partial charge on any atom is 0.407 e. The molecule has 1 aromatic rings. The predicted molar refractivity (Wildman–Crippen MR) is 92.5 cm³/mol. The number of pyridine rings is 1. The molecule has 0 radical (unpaired) electrons.